The van der Waals surface area contributed by atoms with Crippen LogP contribution in [0.25, 0.3) is 0 Å². The van der Waals surface area contributed by atoms with Crippen LogP contribution in [0.2, 0.25) is 0 Å². The molecule has 8 nitrogen and oxygen atoms in total. The molecule has 1 atom stereocenters. The van der Waals surface area contributed by atoms with Crippen molar-refractivity contribution in [3.05, 3.63) is 29.6 Å². The summed E-state index contributed by atoms with van der Waals surface area (Å²) in [4.78, 5) is 32.2. The average molecular weight is 318 g/mol. The van der Waals surface area contributed by atoms with Gasteiger partial charge in [-0.1, -0.05) is 6.07 Å². The molecule has 0 aliphatic rings. The number of carbonyl (C=O) groups is 2. The summed E-state index contributed by atoms with van der Waals surface area (Å²) in [5.41, 5.74) is -0.399. The fraction of sp³-hybridized carbons (Fsp3) is 0.182. The number of hydrogen-bond donors (Lipinski definition) is 2. The predicted octanol–water partition coefficient (Wildman–Crippen LogP) is 0.499. The van der Waals surface area contributed by atoms with Gasteiger partial charge >= 0.3 is 6.09 Å². The predicted molar refractivity (Wildman–Crippen MR) is 66.2 cm³/mol. The third-order valence-electron chi connectivity index (χ3n) is 2.14. The summed E-state index contributed by atoms with van der Waals surface area (Å²) >= 11 is 0. The quantitative estimate of drug-likeness (QED) is 0.774. The summed E-state index contributed by atoms with van der Waals surface area (Å²) in [7, 11) is -4.79. The highest BCUT2D eigenvalue weighted by Crippen LogP contribution is 2.25. The summed E-state index contributed by atoms with van der Waals surface area (Å²) in [6.07, 6.45) is -0.181. The number of nitrogens with one attached hydrogen (secondary N) is 1. The first-order valence-electron chi connectivity index (χ1n) is 5.28. The fourth-order valence-corrected chi connectivity index (χ4v) is 1.95. The lowest BCUT2D eigenvalue weighted by molar-refractivity contribution is -0.118. The molecule has 0 bridgehead atoms. The molecule has 0 saturated carbocycles. The first-order chi connectivity index (χ1) is 9.65. The molecular weight excluding hydrogens is 309 g/mol. The Hall–Kier alpha value is -2.33. The lowest BCUT2D eigenvalue weighted by atomic mass is 10.1. The maximum Gasteiger partial charge on any atom is 0.419 e. The Morgan fingerprint density at radius 1 is 1.43 bits per heavy atom. The van der Waals surface area contributed by atoms with Gasteiger partial charge in [0.05, 0.1) is 0 Å². The van der Waals surface area contributed by atoms with Gasteiger partial charge in [0, 0.05) is 6.92 Å². The molecule has 0 aliphatic carbocycles. The Morgan fingerprint density at radius 3 is 2.48 bits per heavy atom. The van der Waals surface area contributed by atoms with E-state index in [9.17, 15) is 27.2 Å². The van der Waals surface area contributed by atoms with Gasteiger partial charge in [-0.05, 0) is 17.7 Å². The summed E-state index contributed by atoms with van der Waals surface area (Å²) in [6.45, 7) is 1.04. The van der Waals surface area contributed by atoms with Crippen LogP contribution in [0.15, 0.2) is 18.2 Å². The number of hydrogen-bond acceptors (Lipinski definition) is 6. The van der Waals surface area contributed by atoms with Crippen molar-refractivity contribution < 1.29 is 36.5 Å². The van der Waals surface area contributed by atoms with E-state index in [4.69, 9.17) is 4.55 Å². The van der Waals surface area contributed by atoms with Crippen molar-refractivity contribution >= 4 is 28.4 Å². The van der Waals surface area contributed by atoms with Crippen LogP contribution < -0.4 is 10.1 Å². The SMILES string of the molecule is CC(=O)NC(=O)Oc1ccc(C([C]=O)S(=O)(=O)O)cc1F. The van der Waals surface area contributed by atoms with Crippen molar-refractivity contribution in [2.45, 2.75) is 12.2 Å². The van der Waals surface area contributed by atoms with Gasteiger partial charge in [-0.15, -0.1) is 0 Å². The second kappa shape index (κ2) is 6.41. The first-order valence-corrected chi connectivity index (χ1v) is 6.78. The molecule has 1 unspecified atom stereocenters. The van der Waals surface area contributed by atoms with E-state index in [1.807, 2.05) is 0 Å². The topological polar surface area (TPSA) is 127 Å². The minimum atomic E-state index is -4.79. The van der Waals surface area contributed by atoms with Gasteiger partial charge in [0.1, 0.15) is 0 Å². The van der Waals surface area contributed by atoms with E-state index in [1.165, 1.54) is 0 Å². The van der Waals surface area contributed by atoms with Crippen LogP contribution in [-0.2, 0) is 19.7 Å². The minimum absolute atomic E-state index is 0.399. The first kappa shape index (κ1) is 16.7. The van der Waals surface area contributed by atoms with Gasteiger partial charge in [-0.3, -0.25) is 19.5 Å². The van der Waals surface area contributed by atoms with E-state index in [0.29, 0.717) is 6.07 Å². The van der Waals surface area contributed by atoms with E-state index in [0.717, 1.165) is 25.3 Å². The van der Waals surface area contributed by atoms with Crippen LogP contribution in [0, 0.1) is 5.82 Å². The third kappa shape index (κ3) is 4.61. The molecule has 0 fully saturated rings. The van der Waals surface area contributed by atoms with Crippen LogP contribution in [-0.4, -0.2) is 31.3 Å². The number of imide groups is 1. The molecule has 2 amide bonds. The van der Waals surface area contributed by atoms with Gasteiger partial charge in [0.15, 0.2) is 16.8 Å². The summed E-state index contributed by atoms with van der Waals surface area (Å²) in [6, 6.07) is 2.39. The number of amides is 2. The van der Waals surface area contributed by atoms with E-state index in [2.05, 4.69) is 4.74 Å². The van der Waals surface area contributed by atoms with Crippen molar-refractivity contribution in [3.8, 4) is 5.75 Å². The maximum absolute atomic E-state index is 13.6. The highest BCUT2D eigenvalue weighted by Gasteiger charge is 2.26. The van der Waals surface area contributed by atoms with Gasteiger partial charge in [-0.2, -0.15) is 8.42 Å². The monoisotopic (exact) mass is 318 g/mol. The smallest absolute Gasteiger partial charge is 0.407 e. The number of ether oxygens (including phenoxy) is 1. The Morgan fingerprint density at radius 2 is 2.05 bits per heavy atom. The average Bonchev–Trinajstić information content (AvgIpc) is 2.30. The molecule has 0 aromatic heterocycles. The molecule has 0 heterocycles. The van der Waals surface area contributed by atoms with Gasteiger partial charge < -0.3 is 4.74 Å². The lowest BCUT2D eigenvalue weighted by Gasteiger charge is -2.09. The summed E-state index contributed by atoms with van der Waals surface area (Å²) < 4.78 is 48.7. The second-order valence-electron chi connectivity index (χ2n) is 3.77. The molecule has 1 rings (SSSR count). The minimum Gasteiger partial charge on any atom is -0.407 e. The van der Waals surface area contributed by atoms with Crippen molar-refractivity contribution in [1.82, 2.24) is 5.32 Å². The molecule has 2 N–H and O–H groups in total. The lowest BCUT2D eigenvalue weighted by Crippen LogP contribution is -2.31. The summed E-state index contributed by atoms with van der Waals surface area (Å²) in [5, 5.41) is -0.350. The highest BCUT2D eigenvalue weighted by molar-refractivity contribution is 7.86. The fourth-order valence-electron chi connectivity index (χ4n) is 1.33. The van der Waals surface area contributed by atoms with Crippen LogP contribution in [0.3, 0.4) is 0 Å². The van der Waals surface area contributed by atoms with Crippen molar-refractivity contribution in [3.63, 3.8) is 0 Å². The zero-order chi connectivity index (χ0) is 16.2. The van der Waals surface area contributed by atoms with Crippen molar-refractivity contribution in [2.24, 2.45) is 0 Å². The molecule has 113 valence electrons. The van der Waals surface area contributed by atoms with Crippen LogP contribution in [0.1, 0.15) is 17.7 Å². The van der Waals surface area contributed by atoms with Crippen molar-refractivity contribution in [2.75, 3.05) is 0 Å². The molecular formula is C11H9FNO7S. The maximum atomic E-state index is 13.6. The molecule has 0 spiro atoms. The Labute approximate surface area is 118 Å². The zero-order valence-corrected chi connectivity index (χ0v) is 11.3. The van der Waals surface area contributed by atoms with E-state index < -0.39 is 44.5 Å². The van der Waals surface area contributed by atoms with Gasteiger partial charge in [0.2, 0.25) is 12.2 Å². The molecule has 21 heavy (non-hydrogen) atoms. The standard InChI is InChI=1S/C11H9FNO7S/c1-6(15)13-11(16)20-9-3-2-7(4-8(9)12)10(5-14)21(17,18)19/h2-4,10H,1H3,(H,13,15,16)(H,17,18,19). The molecule has 0 saturated heterocycles. The van der Waals surface area contributed by atoms with E-state index in [1.54, 1.807) is 5.32 Å². The normalized spacial score (nSPS) is 12.3. The van der Waals surface area contributed by atoms with E-state index in [-0.39, 0.29) is 0 Å². The largest absolute Gasteiger partial charge is 0.419 e. The van der Waals surface area contributed by atoms with Crippen LogP contribution in [0.5, 0.6) is 5.75 Å². The second-order valence-corrected chi connectivity index (χ2v) is 5.27. The van der Waals surface area contributed by atoms with Gasteiger partial charge in [0.25, 0.3) is 10.1 Å². The van der Waals surface area contributed by atoms with Crippen LogP contribution in [0.4, 0.5) is 9.18 Å². The molecule has 1 aromatic carbocycles. The van der Waals surface area contributed by atoms with Crippen LogP contribution >= 0.6 is 0 Å². The number of rotatable bonds is 4. The highest BCUT2D eigenvalue weighted by atomic mass is 32.2. The number of benzene rings is 1. The third-order valence-corrected chi connectivity index (χ3v) is 3.11. The molecule has 0 aliphatic heterocycles. The van der Waals surface area contributed by atoms with Crippen molar-refractivity contribution in [1.29, 1.82) is 0 Å². The van der Waals surface area contributed by atoms with Gasteiger partial charge in [-0.25, -0.2) is 9.18 Å². The molecule has 1 radical (unpaired) electrons. The van der Waals surface area contributed by atoms with E-state index >= 15 is 0 Å². The number of carbonyl (C=O) groups excluding carboxylic acids is 3. The Balaban J connectivity index is 3.03. The molecule has 10 heteroatoms. The summed E-state index contributed by atoms with van der Waals surface area (Å²) in [5.74, 6) is -2.49. The Kier molecular flexibility index (Phi) is 5.11. The zero-order valence-electron chi connectivity index (χ0n) is 10.5. The Bertz CT molecular complexity index is 686. The number of halogens is 1. The molecule has 1 aromatic rings.